The molecule has 0 atom stereocenters. The van der Waals surface area contributed by atoms with Gasteiger partial charge in [-0.25, -0.2) is 9.37 Å². The molecule has 0 fully saturated rings. The molecule has 2 rings (SSSR count). The maximum atomic E-state index is 12.7. The van der Waals surface area contributed by atoms with Crippen molar-refractivity contribution in [2.75, 3.05) is 5.73 Å². The third-order valence-corrected chi connectivity index (χ3v) is 2.84. The highest BCUT2D eigenvalue weighted by Gasteiger charge is 2.10. The zero-order chi connectivity index (χ0) is 10.8. The summed E-state index contributed by atoms with van der Waals surface area (Å²) in [6, 6.07) is 5.93. The van der Waals surface area contributed by atoms with Crippen LogP contribution >= 0.6 is 11.3 Å². The molecular formula is C10H9FN2OS. The summed E-state index contributed by atoms with van der Waals surface area (Å²) < 4.78 is 12.7. The number of hydrogen-bond acceptors (Lipinski definition) is 4. The summed E-state index contributed by atoms with van der Waals surface area (Å²) in [5.41, 5.74) is 6.93. The summed E-state index contributed by atoms with van der Waals surface area (Å²) in [4.78, 5) is 4.79. The molecule has 1 aromatic carbocycles. The molecule has 0 saturated heterocycles. The second-order valence-corrected chi connectivity index (χ2v) is 4.10. The first kappa shape index (κ1) is 10.1. The van der Waals surface area contributed by atoms with Gasteiger partial charge in [0.2, 0.25) is 0 Å². The lowest BCUT2D eigenvalue weighted by Gasteiger charge is -1.98. The fourth-order valence-corrected chi connectivity index (χ4v) is 2.02. The van der Waals surface area contributed by atoms with Gasteiger partial charge in [-0.15, -0.1) is 0 Å². The van der Waals surface area contributed by atoms with E-state index in [9.17, 15) is 4.39 Å². The topological polar surface area (TPSA) is 59.1 Å². The van der Waals surface area contributed by atoms with Crippen LogP contribution in [-0.2, 0) is 6.61 Å². The number of benzene rings is 1. The lowest BCUT2D eigenvalue weighted by Crippen LogP contribution is -1.86. The molecule has 0 radical (unpaired) electrons. The average molecular weight is 224 g/mol. The van der Waals surface area contributed by atoms with Crippen LogP contribution in [0.15, 0.2) is 24.3 Å². The van der Waals surface area contributed by atoms with Gasteiger partial charge >= 0.3 is 0 Å². The van der Waals surface area contributed by atoms with E-state index in [0.717, 1.165) is 5.56 Å². The SMILES string of the molecule is Nc1nc(-c2ccc(F)cc2)c(CO)s1. The molecule has 2 aromatic rings. The fraction of sp³-hybridized carbons (Fsp3) is 0.100. The smallest absolute Gasteiger partial charge is 0.180 e. The summed E-state index contributed by atoms with van der Waals surface area (Å²) in [5.74, 6) is -0.299. The number of aliphatic hydroxyl groups is 1. The van der Waals surface area contributed by atoms with Crippen molar-refractivity contribution >= 4 is 16.5 Å². The number of rotatable bonds is 2. The quantitative estimate of drug-likeness (QED) is 0.820. The Balaban J connectivity index is 2.48. The standard InChI is InChI=1S/C10H9FN2OS/c11-7-3-1-6(2-4-7)9-8(5-14)15-10(12)13-9/h1-4,14H,5H2,(H2,12,13). The van der Waals surface area contributed by atoms with Crippen molar-refractivity contribution in [3.8, 4) is 11.3 Å². The summed E-state index contributed by atoms with van der Waals surface area (Å²) in [6.45, 7) is -0.110. The maximum absolute atomic E-state index is 12.7. The zero-order valence-corrected chi connectivity index (χ0v) is 8.59. The lowest BCUT2D eigenvalue weighted by molar-refractivity contribution is 0.286. The van der Waals surface area contributed by atoms with E-state index >= 15 is 0 Å². The highest BCUT2D eigenvalue weighted by molar-refractivity contribution is 7.15. The van der Waals surface area contributed by atoms with Crippen molar-refractivity contribution in [2.24, 2.45) is 0 Å². The van der Waals surface area contributed by atoms with Crippen LogP contribution in [-0.4, -0.2) is 10.1 Å². The van der Waals surface area contributed by atoms with Crippen molar-refractivity contribution in [1.29, 1.82) is 0 Å². The lowest BCUT2D eigenvalue weighted by atomic mass is 10.1. The van der Waals surface area contributed by atoms with Crippen molar-refractivity contribution in [3.05, 3.63) is 35.0 Å². The predicted octanol–water partition coefficient (Wildman–Crippen LogP) is 2.02. The fourth-order valence-electron chi connectivity index (χ4n) is 1.31. The van der Waals surface area contributed by atoms with Gasteiger partial charge in [0.25, 0.3) is 0 Å². The Morgan fingerprint density at radius 3 is 2.60 bits per heavy atom. The van der Waals surface area contributed by atoms with E-state index in [4.69, 9.17) is 10.8 Å². The molecule has 0 aliphatic heterocycles. The zero-order valence-electron chi connectivity index (χ0n) is 7.77. The average Bonchev–Trinajstić information content (AvgIpc) is 2.61. The van der Waals surface area contributed by atoms with Crippen LogP contribution in [0.25, 0.3) is 11.3 Å². The van der Waals surface area contributed by atoms with Crippen LogP contribution in [0.3, 0.4) is 0 Å². The Labute approximate surface area is 90.0 Å². The van der Waals surface area contributed by atoms with Crippen LogP contribution in [0.4, 0.5) is 9.52 Å². The number of aliphatic hydroxyl groups excluding tert-OH is 1. The first-order valence-corrected chi connectivity index (χ1v) is 5.14. The van der Waals surface area contributed by atoms with Gasteiger partial charge in [-0.2, -0.15) is 0 Å². The normalized spacial score (nSPS) is 10.5. The monoisotopic (exact) mass is 224 g/mol. The Bertz CT molecular complexity index is 467. The number of anilines is 1. The Morgan fingerprint density at radius 2 is 2.00 bits per heavy atom. The van der Waals surface area contributed by atoms with E-state index in [1.165, 1.54) is 23.5 Å². The van der Waals surface area contributed by atoms with Gasteiger partial charge in [0, 0.05) is 5.56 Å². The van der Waals surface area contributed by atoms with E-state index in [2.05, 4.69) is 4.98 Å². The number of nitrogen functional groups attached to an aromatic ring is 1. The molecule has 3 N–H and O–H groups in total. The van der Waals surface area contributed by atoms with E-state index in [-0.39, 0.29) is 12.4 Å². The molecule has 3 nitrogen and oxygen atoms in total. The number of nitrogens with zero attached hydrogens (tertiary/aromatic N) is 1. The molecule has 15 heavy (non-hydrogen) atoms. The third-order valence-electron chi connectivity index (χ3n) is 1.98. The minimum Gasteiger partial charge on any atom is -0.391 e. The molecule has 0 spiro atoms. The molecule has 0 bridgehead atoms. The van der Waals surface area contributed by atoms with Crippen molar-refractivity contribution in [3.63, 3.8) is 0 Å². The van der Waals surface area contributed by atoms with Gasteiger partial charge < -0.3 is 10.8 Å². The van der Waals surface area contributed by atoms with Crippen LogP contribution in [0.1, 0.15) is 4.88 Å². The third kappa shape index (κ3) is 1.98. The molecule has 0 aliphatic rings. The Kier molecular flexibility index (Phi) is 2.66. The van der Waals surface area contributed by atoms with Crippen LogP contribution in [0, 0.1) is 5.82 Å². The van der Waals surface area contributed by atoms with E-state index in [1.54, 1.807) is 12.1 Å². The van der Waals surface area contributed by atoms with Gasteiger partial charge in [0.15, 0.2) is 5.13 Å². The van der Waals surface area contributed by atoms with E-state index in [1.807, 2.05) is 0 Å². The van der Waals surface area contributed by atoms with Gasteiger partial charge in [-0.1, -0.05) is 11.3 Å². The summed E-state index contributed by atoms with van der Waals surface area (Å²) in [6.07, 6.45) is 0. The van der Waals surface area contributed by atoms with Crippen molar-refractivity contribution in [2.45, 2.75) is 6.61 Å². The van der Waals surface area contributed by atoms with Gasteiger partial charge in [0.1, 0.15) is 5.82 Å². The number of hydrogen-bond donors (Lipinski definition) is 2. The minimum absolute atomic E-state index is 0.110. The highest BCUT2D eigenvalue weighted by atomic mass is 32.1. The predicted molar refractivity (Wildman–Crippen MR) is 57.8 cm³/mol. The van der Waals surface area contributed by atoms with Crippen molar-refractivity contribution in [1.82, 2.24) is 4.98 Å². The van der Waals surface area contributed by atoms with Crippen LogP contribution in [0.5, 0.6) is 0 Å². The number of halogens is 1. The number of thiazole rings is 1. The molecule has 0 aliphatic carbocycles. The second kappa shape index (κ2) is 3.96. The summed E-state index contributed by atoms with van der Waals surface area (Å²) in [7, 11) is 0. The molecular weight excluding hydrogens is 215 g/mol. The van der Waals surface area contributed by atoms with Gasteiger partial charge in [-0.05, 0) is 24.3 Å². The largest absolute Gasteiger partial charge is 0.391 e. The molecule has 0 saturated carbocycles. The second-order valence-electron chi connectivity index (χ2n) is 2.99. The van der Waals surface area contributed by atoms with Crippen LogP contribution < -0.4 is 5.73 Å². The number of nitrogens with two attached hydrogens (primary N) is 1. The first-order chi connectivity index (χ1) is 7.20. The Morgan fingerprint density at radius 1 is 1.33 bits per heavy atom. The molecule has 5 heteroatoms. The van der Waals surface area contributed by atoms with Gasteiger partial charge in [0.05, 0.1) is 17.2 Å². The molecule has 1 heterocycles. The molecule has 78 valence electrons. The molecule has 0 unspecified atom stereocenters. The van der Waals surface area contributed by atoms with E-state index in [0.29, 0.717) is 15.7 Å². The first-order valence-electron chi connectivity index (χ1n) is 4.32. The highest BCUT2D eigenvalue weighted by Crippen LogP contribution is 2.29. The molecule has 1 aromatic heterocycles. The minimum atomic E-state index is -0.299. The van der Waals surface area contributed by atoms with Crippen molar-refractivity contribution < 1.29 is 9.50 Å². The number of aromatic nitrogens is 1. The summed E-state index contributed by atoms with van der Waals surface area (Å²) in [5, 5.41) is 9.49. The maximum Gasteiger partial charge on any atom is 0.180 e. The van der Waals surface area contributed by atoms with Gasteiger partial charge in [-0.3, -0.25) is 0 Å². The van der Waals surface area contributed by atoms with E-state index < -0.39 is 0 Å². The summed E-state index contributed by atoms with van der Waals surface area (Å²) >= 11 is 1.24. The molecule has 0 amide bonds. The van der Waals surface area contributed by atoms with Crippen LogP contribution in [0.2, 0.25) is 0 Å². The Hall–Kier alpha value is -1.46.